The summed E-state index contributed by atoms with van der Waals surface area (Å²) < 4.78 is 51.0. The van der Waals surface area contributed by atoms with E-state index in [0.29, 0.717) is 32.5 Å². The SMILES string of the molecule is C=CCC1(CC(=C)C(F)(F)F)OC(N2CCC3(CC2)OCc2ccccc23)=NC1=O. The molecule has 8 heteroatoms. The van der Waals surface area contributed by atoms with Gasteiger partial charge in [0.05, 0.1) is 12.2 Å². The second-order valence-electron chi connectivity index (χ2n) is 7.99. The largest absolute Gasteiger partial charge is 0.447 e. The van der Waals surface area contributed by atoms with Crippen molar-refractivity contribution in [2.75, 3.05) is 13.1 Å². The van der Waals surface area contributed by atoms with Gasteiger partial charge in [0.1, 0.15) is 0 Å². The summed E-state index contributed by atoms with van der Waals surface area (Å²) in [6.07, 6.45) is -2.65. The van der Waals surface area contributed by atoms with E-state index in [1.807, 2.05) is 12.1 Å². The highest BCUT2D eigenvalue weighted by atomic mass is 19.4. The van der Waals surface area contributed by atoms with Crippen LogP contribution < -0.4 is 0 Å². The van der Waals surface area contributed by atoms with Crippen molar-refractivity contribution in [3.63, 3.8) is 0 Å². The third-order valence-electron chi connectivity index (χ3n) is 6.10. The van der Waals surface area contributed by atoms with Gasteiger partial charge in [-0.1, -0.05) is 36.9 Å². The number of nitrogens with zero attached hydrogens (tertiary/aromatic N) is 2. The minimum atomic E-state index is -4.61. The van der Waals surface area contributed by atoms with Gasteiger partial charge >= 0.3 is 6.18 Å². The lowest BCUT2D eigenvalue weighted by atomic mass is 9.84. The Morgan fingerprint density at radius 2 is 1.97 bits per heavy atom. The Kier molecular flexibility index (Phi) is 5.00. The third kappa shape index (κ3) is 3.43. The molecule has 1 spiro atoms. The van der Waals surface area contributed by atoms with Crippen molar-refractivity contribution in [3.8, 4) is 0 Å². The summed E-state index contributed by atoms with van der Waals surface area (Å²) in [6, 6.07) is 8.16. The minimum Gasteiger partial charge on any atom is -0.447 e. The lowest BCUT2D eigenvalue weighted by Gasteiger charge is -2.40. The Labute approximate surface area is 172 Å². The van der Waals surface area contributed by atoms with E-state index < -0.39 is 29.7 Å². The molecule has 3 aliphatic rings. The van der Waals surface area contributed by atoms with E-state index in [1.165, 1.54) is 17.2 Å². The second kappa shape index (κ2) is 7.27. The molecule has 1 aromatic rings. The first kappa shape index (κ1) is 20.7. The number of fused-ring (bicyclic) bond motifs is 2. The number of amides is 1. The van der Waals surface area contributed by atoms with E-state index in [0.717, 1.165) is 0 Å². The average molecular weight is 420 g/mol. The summed E-state index contributed by atoms with van der Waals surface area (Å²) in [6.45, 7) is 8.24. The van der Waals surface area contributed by atoms with Crippen LogP contribution in [0.1, 0.15) is 36.8 Å². The quantitative estimate of drug-likeness (QED) is 0.684. The van der Waals surface area contributed by atoms with Gasteiger partial charge in [-0.05, 0) is 24.0 Å². The van der Waals surface area contributed by atoms with Crippen molar-refractivity contribution in [1.29, 1.82) is 0 Å². The van der Waals surface area contributed by atoms with Crippen molar-refractivity contribution < 1.29 is 27.4 Å². The topological polar surface area (TPSA) is 51.1 Å². The Morgan fingerprint density at radius 1 is 1.27 bits per heavy atom. The summed E-state index contributed by atoms with van der Waals surface area (Å²) in [5, 5.41) is 0. The molecule has 5 nitrogen and oxygen atoms in total. The Bertz CT molecular complexity index is 916. The molecule has 4 rings (SSSR count). The van der Waals surface area contributed by atoms with Gasteiger partial charge < -0.3 is 14.4 Å². The lowest BCUT2D eigenvalue weighted by Crippen LogP contribution is -2.47. The Balaban J connectivity index is 1.47. The molecule has 160 valence electrons. The van der Waals surface area contributed by atoms with Gasteiger partial charge in [0.15, 0.2) is 5.60 Å². The molecule has 0 N–H and O–H groups in total. The zero-order valence-electron chi connectivity index (χ0n) is 16.5. The number of aliphatic imine (C=N–C) groups is 1. The molecule has 1 aromatic carbocycles. The summed E-state index contributed by atoms with van der Waals surface area (Å²) >= 11 is 0. The number of benzene rings is 1. The summed E-state index contributed by atoms with van der Waals surface area (Å²) in [7, 11) is 0. The van der Waals surface area contributed by atoms with Crippen LogP contribution in [-0.2, 0) is 26.5 Å². The van der Waals surface area contributed by atoms with Crippen molar-refractivity contribution in [2.45, 2.75) is 49.7 Å². The minimum absolute atomic E-state index is 0.0676. The standard InChI is InChI=1S/C22H23F3N2O3/c1-3-8-21(13-15(2)22(23,24)25)18(28)26-19(30-21)27-11-9-20(10-12-27)17-7-5-4-6-16(17)14-29-20/h3-7H,1-2,8-14H2. The predicted octanol–water partition coefficient (Wildman–Crippen LogP) is 4.24. The van der Waals surface area contributed by atoms with Gasteiger partial charge in [0, 0.05) is 31.5 Å². The van der Waals surface area contributed by atoms with E-state index in [2.05, 4.69) is 30.3 Å². The number of likely N-dealkylation sites (tertiary alicyclic amines) is 1. The molecule has 0 aliphatic carbocycles. The average Bonchev–Trinajstić information content (AvgIpc) is 3.21. The molecule has 0 radical (unpaired) electrons. The Hall–Kier alpha value is -2.61. The molecule has 1 saturated heterocycles. The molecule has 0 bridgehead atoms. The molecular weight excluding hydrogens is 397 g/mol. The van der Waals surface area contributed by atoms with E-state index in [1.54, 1.807) is 4.90 Å². The second-order valence-corrected chi connectivity index (χ2v) is 7.99. The zero-order valence-corrected chi connectivity index (χ0v) is 16.5. The van der Waals surface area contributed by atoms with Gasteiger partial charge in [0.2, 0.25) is 0 Å². The van der Waals surface area contributed by atoms with Crippen LogP contribution in [-0.4, -0.2) is 41.7 Å². The lowest BCUT2D eigenvalue weighted by molar-refractivity contribution is -0.134. The predicted molar refractivity (Wildman–Crippen MR) is 105 cm³/mol. The van der Waals surface area contributed by atoms with Crippen LogP contribution in [0, 0.1) is 0 Å². The number of carbonyl (C=O) groups excluding carboxylic acids is 1. The monoisotopic (exact) mass is 420 g/mol. The first-order valence-electron chi connectivity index (χ1n) is 9.84. The molecule has 0 aromatic heterocycles. The summed E-state index contributed by atoms with van der Waals surface area (Å²) in [5.41, 5.74) is -0.791. The highest BCUT2D eigenvalue weighted by Gasteiger charge is 2.51. The van der Waals surface area contributed by atoms with Crippen LogP contribution in [0.4, 0.5) is 13.2 Å². The van der Waals surface area contributed by atoms with E-state index in [4.69, 9.17) is 9.47 Å². The smallest absolute Gasteiger partial charge is 0.412 e. The van der Waals surface area contributed by atoms with Crippen LogP contribution in [0.3, 0.4) is 0 Å². The fourth-order valence-electron chi connectivity index (χ4n) is 4.41. The van der Waals surface area contributed by atoms with Gasteiger partial charge in [-0.2, -0.15) is 18.2 Å². The number of ether oxygens (including phenoxy) is 2. The number of amidine groups is 1. The zero-order chi connectivity index (χ0) is 21.6. The molecule has 0 saturated carbocycles. The molecule has 1 amide bonds. The van der Waals surface area contributed by atoms with Crippen molar-refractivity contribution in [2.24, 2.45) is 4.99 Å². The van der Waals surface area contributed by atoms with Crippen LogP contribution in [0.15, 0.2) is 54.1 Å². The number of carbonyl (C=O) groups is 1. The molecular formula is C22H23F3N2O3. The van der Waals surface area contributed by atoms with Crippen molar-refractivity contribution in [3.05, 3.63) is 60.2 Å². The number of hydrogen-bond donors (Lipinski definition) is 0. The Morgan fingerprint density at radius 3 is 2.63 bits per heavy atom. The number of hydrogen-bond acceptors (Lipinski definition) is 4. The first-order chi connectivity index (χ1) is 14.2. The highest BCUT2D eigenvalue weighted by Crippen LogP contribution is 2.45. The van der Waals surface area contributed by atoms with E-state index in [-0.39, 0.29) is 18.0 Å². The van der Waals surface area contributed by atoms with Gasteiger partial charge in [-0.25, -0.2) is 0 Å². The van der Waals surface area contributed by atoms with E-state index in [9.17, 15) is 18.0 Å². The normalized spacial score (nSPS) is 25.1. The number of alkyl halides is 3. The van der Waals surface area contributed by atoms with Crippen LogP contribution in [0.25, 0.3) is 0 Å². The maximum Gasteiger partial charge on any atom is 0.412 e. The molecule has 3 heterocycles. The van der Waals surface area contributed by atoms with Crippen LogP contribution in [0.5, 0.6) is 0 Å². The van der Waals surface area contributed by atoms with Crippen molar-refractivity contribution in [1.82, 2.24) is 4.90 Å². The van der Waals surface area contributed by atoms with Crippen LogP contribution in [0.2, 0.25) is 0 Å². The van der Waals surface area contributed by atoms with Crippen LogP contribution >= 0.6 is 0 Å². The number of piperidine rings is 1. The van der Waals surface area contributed by atoms with Gasteiger partial charge in [-0.15, -0.1) is 6.58 Å². The summed E-state index contributed by atoms with van der Waals surface area (Å²) in [5.74, 6) is -0.731. The first-order valence-corrected chi connectivity index (χ1v) is 9.84. The van der Waals surface area contributed by atoms with Gasteiger partial charge in [-0.3, -0.25) is 4.79 Å². The third-order valence-corrected chi connectivity index (χ3v) is 6.10. The highest BCUT2D eigenvalue weighted by molar-refractivity contribution is 6.01. The van der Waals surface area contributed by atoms with Gasteiger partial charge in [0.25, 0.3) is 11.9 Å². The number of halogens is 3. The molecule has 1 fully saturated rings. The fraction of sp³-hybridized carbons (Fsp3) is 0.455. The molecule has 3 aliphatic heterocycles. The molecule has 1 unspecified atom stereocenters. The maximum absolute atomic E-state index is 13.0. The fourth-order valence-corrected chi connectivity index (χ4v) is 4.41. The molecule has 1 atom stereocenters. The maximum atomic E-state index is 13.0. The number of rotatable bonds is 4. The summed E-state index contributed by atoms with van der Waals surface area (Å²) in [4.78, 5) is 18.4. The van der Waals surface area contributed by atoms with Crippen molar-refractivity contribution >= 4 is 11.9 Å². The van der Waals surface area contributed by atoms with E-state index >= 15 is 0 Å². The molecule has 30 heavy (non-hydrogen) atoms.